The third-order valence-electron chi connectivity index (χ3n) is 3.63. The van der Waals surface area contributed by atoms with Crippen LogP contribution in [-0.2, 0) is 6.54 Å². The van der Waals surface area contributed by atoms with Gasteiger partial charge in [-0.05, 0) is 22.6 Å². The van der Waals surface area contributed by atoms with Gasteiger partial charge in [-0.15, -0.1) is 0 Å². The fourth-order valence-electron chi connectivity index (χ4n) is 2.21. The van der Waals surface area contributed by atoms with Crippen LogP contribution in [0.5, 0.6) is 0 Å². The van der Waals surface area contributed by atoms with Gasteiger partial charge in [-0.3, -0.25) is 0 Å². The van der Waals surface area contributed by atoms with E-state index in [1.165, 1.54) is 16.7 Å². The van der Waals surface area contributed by atoms with Crippen molar-refractivity contribution in [3.8, 4) is 11.1 Å². The molecule has 2 aromatic rings. The van der Waals surface area contributed by atoms with Crippen molar-refractivity contribution in [3.63, 3.8) is 0 Å². The van der Waals surface area contributed by atoms with E-state index in [9.17, 15) is 5.11 Å². The predicted molar refractivity (Wildman–Crippen MR) is 84.4 cm³/mol. The maximum absolute atomic E-state index is 9.30. The normalized spacial score (nSPS) is 12.6. The lowest BCUT2D eigenvalue weighted by molar-refractivity contribution is 0.210. The van der Waals surface area contributed by atoms with Gasteiger partial charge in [0.1, 0.15) is 0 Å². The highest BCUT2D eigenvalue weighted by atomic mass is 16.3. The smallest absolute Gasteiger partial charge is 0.0587 e. The van der Waals surface area contributed by atoms with Crippen LogP contribution in [0.4, 0.5) is 0 Å². The van der Waals surface area contributed by atoms with Gasteiger partial charge in [0.05, 0.1) is 6.61 Å². The summed E-state index contributed by atoms with van der Waals surface area (Å²) in [6, 6.07) is 19.1. The Bertz CT molecular complexity index is 505. The van der Waals surface area contributed by atoms with E-state index in [2.05, 4.69) is 67.7 Å². The van der Waals surface area contributed by atoms with E-state index in [0.717, 1.165) is 6.54 Å². The van der Waals surface area contributed by atoms with E-state index in [4.69, 9.17) is 0 Å². The minimum Gasteiger partial charge on any atom is -0.395 e. The van der Waals surface area contributed by atoms with Crippen molar-refractivity contribution in [2.24, 2.45) is 5.92 Å². The van der Waals surface area contributed by atoms with Gasteiger partial charge >= 0.3 is 0 Å². The van der Waals surface area contributed by atoms with E-state index >= 15 is 0 Å². The van der Waals surface area contributed by atoms with Gasteiger partial charge in [-0.25, -0.2) is 0 Å². The second-order valence-electron chi connectivity index (χ2n) is 5.48. The highest BCUT2D eigenvalue weighted by molar-refractivity contribution is 5.63. The minimum atomic E-state index is 0.156. The molecule has 0 unspecified atom stereocenters. The topological polar surface area (TPSA) is 32.3 Å². The van der Waals surface area contributed by atoms with Crippen molar-refractivity contribution < 1.29 is 5.11 Å². The van der Waals surface area contributed by atoms with E-state index < -0.39 is 0 Å². The minimum absolute atomic E-state index is 0.156. The SMILES string of the molecule is CC(C)[C@@H](CO)NCc1ccc(-c2ccccc2)cc1. The molecule has 2 N–H and O–H groups in total. The molecule has 0 spiro atoms. The summed E-state index contributed by atoms with van der Waals surface area (Å²) >= 11 is 0. The molecule has 0 amide bonds. The molecule has 2 rings (SSSR count). The van der Waals surface area contributed by atoms with Gasteiger partial charge in [0.15, 0.2) is 0 Å². The Balaban J connectivity index is 1.99. The standard InChI is InChI=1S/C18H23NO/c1-14(2)18(13-20)19-12-15-8-10-17(11-9-15)16-6-4-3-5-7-16/h3-11,14,18-20H,12-13H2,1-2H3/t18-/m1/s1. The number of hydrogen-bond acceptors (Lipinski definition) is 2. The van der Waals surface area contributed by atoms with Crippen molar-refractivity contribution >= 4 is 0 Å². The zero-order valence-electron chi connectivity index (χ0n) is 12.2. The molecule has 2 nitrogen and oxygen atoms in total. The molecular formula is C18H23NO. The zero-order valence-corrected chi connectivity index (χ0v) is 12.2. The van der Waals surface area contributed by atoms with Crippen LogP contribution in [0.15, 0.2) is 54.6 Å². The zero-order chi connectivity index (χ0) is 14.4. The lowest BCUT2D eigenvalue weighted by Gasteiger charge is -2.20. The molecule has 0 heterocycles. The number of nitrogens with one attached hydrogen (secondary N) is 1. The number of hydrogen-bond donors (Lipinski definition) is 2. The average Bonchev–Trinajstić information content (AvgIpc) is 2.49. The molecule has 0 aliphatic rings. The first kappa shape index (κ1) is 14.8. The van der Waals surface area contributed by atoms with Crippen molar-refractivity contribution in [2.75, 3.05) is 6.61 Å². The maximum atomic E-state index is 9.30. The summed E-state index contributed by atoms with van der Waals surface area (Å²) in [5, 5.41) is 12.7. The molecule has 2 aromatic carbocycles. The van der Waals surface area contributed by atoms with Crippen molar-refractivity contribution in [1.29, 1.82) is 0 Å². The molecule has 20 heavy (non-hydrogen) atoms. The van der Waals surface area contributed by atoms with Gasteiger partial charge in [0, 0.05) is 12.6 Å². The Hall–Kier alpha value is -1.64. The third kappa shape index (κ3) is 3.92. The molecule has 0 aliphatic heterocycles. The van der Waals surface area contributed by atoms with E-state index in [1.807, 2.05) is 6.07 Å². The molecule has 0 saturated carbocycles. The molecule has 0 radical (unpaired) electrons. The summed E-state index contributed by atoms with van der Waals surface area (Å²) in [6.45, 7) is 5.21. The Morgan fingerprint density at radius 3 is 2.05 bits per heavy atom. The van der Waals surface area contributed by atoms with Gasteiger partial charge in [0.2, 0.25) is 0 Å². The predicted octanol–water partition coefficient (Wildman–Crippen LogP) is 3.46. The highest BCUT2D eigenvalue weighted by Crippen LogP contribution is 2.19. The van der Waals surface area contributed by atoms with E-state index in [0.29, 0.717) is 5.92 Å². The van der Waals surface area contributed by atoms with Crippen molar-refractivity contribution in [2.45, 2.75) is 26.4 Å². The molecule has 0 aromatic heterocycles. The Morgan fingerprint density at radius 2 is 1.50 bits per heavy atom. The van der Waals surface area contributed by atoms with Gasteiger partial charge in [-0.2, -0.15) is 0 Å². The maximum Gasteiger partial charge on any atom is 0.0587 e. The van der Waals surface area contributed by atoms with Crippen LogP contribution in [0.3, 0.4) is 0 Å². The molecule has 0 aliphatic carbocycles. The highest BCUT2D eigenvalue weighted by Gasteiger charge is 2.10. The number of benzene rings is 2. The average molecular weight is 269 g/mol. The summed E-state index contributed by atoms with van der Waals surface area (Å²) in [4.78, 5) is 0. The van der Waals surface area contributed by atoms with Crippen LogP contribution in [0.2, 0.25) is 0 Å². The summed E-state index contributed by atoms with van der Waals surface area (Å²) in [5.41, 5.74) is 3.71. The number of aliphatic hydroxyl groups is 1. The number of aliphatic hydroxyl groups excluding tert-OH is 1. The summed E-state index contributed by atoms with van der Waals surface area (Å²) < 4.78 is 0. The molecular weight excluding hydrogens is 246 g/mol. The molecule has 2 heteroatoms. The second kappa shape index (κ2) is 7.22. The van der Waals surface area contributed by atoms with Crippen LogP contribution >= 0.6 is 0 Å². The lowest BCUT2D eigenvalue weighted by atomic mass is 10.0. The second-order valence-corrected chi connectivity index (χ2v) is 5.48. The fraction of sp³-hybridized carbons (Fsp3) is 0.333. The molecule has 0 fully saturated rings. The van der Waals surface area contributed by atoms with Crippen molar-refractivity contribution in [1.82, 2.24) is 5.32 Å². The monoisotopic (exact) mass is 269 g/mol. The first-order chi connectivity index (χ1) is 9.70. The molecule has 0 saturated heterocycles. The largest absolute Gasteiger partial charge is 0.395 e. The lowest BCUT2D eigenvalue weighted by Crippen LogP contribution is -2.36. The van der Waals surface area contributed by atoms with Crippen LogP contribution in [-0.4, -0.2) is 17.8 Å². The van der Waals surface area contributed by atoms with Gasteiger partial charge < -0.3 is 10.4 Å². The van der Waals surface area contributed by atoms with Gasteiger partial charge in [-0.1, -0.05) is 68.4 Å². The van der Waals surface area contributed by atoms with E-state index in [1.54, 1.807) is 0 Å². The molecule has 0 bridgehead atoms. The molecule has 1 atom stereocenters. The Morgan fingerprint density at radius 1 is 0.900 bits per heavy atom. The quantitative estimate of drug-likeness (QED) is 0.841. The molecule has 106 valence electrons. The Kier molecular flexibility index (Phi) is 5.33. The first-order valence-electron chi connectivity index (χ1n) is 7.19. The van der Waals surface area contributed by atoms with Crippen molar-refractivity contribution in [3.05, 3.63) is 60.2 Å². The van der Waals surface area contributed by atoms with Crippen LogP contribution in [0, 0.1) is 5.92 Å². The summed E-state index contributed by atoms with van der Waals surface area (Å²) in [5.74, 6) is 0.434. The van der Waals surface area contributed by atoms with Gasteiger partial charge in [0.25, 0.3) is 0 Å². The van der Waals surface area contributed by atoms with Crippen LogP contribution in [0.1, 0.15) is 19.4 Å². The first-order valence-corrected chi connectivity index (χ1v) is 7.19. The van der Waals surface area contributed by atoms with Crippen LogP contribution < -0.4 is 5.32 Å². The Labute approximate surface area is 121 Å². The number of rotatable bonds is 6. The fourth-order valence-corrected chi connectivity index (χ4v) is 2.21. The van der Waals surface area contributed by atoms with E-state index in [-0.39, 0.29) is 12.6 Å². The van der Waals surface area contributed by atoms with Crippen LogP contribution in [0.25, 0.3) is 11.1 Å². The summed E-state index contributed by atoms with van der Waals surface area (Å²) in [6.07, 6.45) is 0. The summed E-state index contributed by atoms with van der Waals surface area (Å²) in [7, 11) is 0. The third-order valence-corrected chi connectivity index (χ3v) is 3.63.